The van der Waals surface area contributed by atoms with E-state index in [1.807, 2.05) is 24.3 Å². The van der Waals surface area contributed by atoms with Crippen molar-refractivity contribution in [2.45, 2.75) is 6.54 Å². The Kier molecular flexibility index (Phi) is 3.74. The highest BCUT2D eigenvalue weighted by Crippen LogP contribution is 2.29. The normalized spacial score (nSPS) is 10.4. The summed E-state index contributed by atoms with van der Waals surface area (Å²) in [6, 6.07) is 9.58. The molecule has 2 rings (SSSR count). The summed E-state index contributed by atoms with van der Waals surface area (Å²) in [5.41, 5.74) is 7.31. The van der Waals surface area contributed by atoms with Gasteiger partial charge in [0.1, 0.15) is 0 Å². The van der Waals surface area contributed by atoms with Crippen molar-refractivity contribution in [1.82, 2.24) is 0 Å². The molecule has 2 nitrogen and oxygen atoms in total. The second-order valence-electron chi connectivity index (χ2n) is 3.26. The molecule has 0 amide bonds. The van der Waals surface area contributed by atoms with E-state index in [0.29, 0.717) is 10.7 Å². The minimum atomic E-state index is 0.649. The van der Waals surface area contributed by atoms with E-state index in [1.165, 1.54) is 4.88 Å². The van der Waals surface area contributed by atoms with Gasteiger partial charge < -0.3 is 11.1 Å². The molecule has 16 heavy (non-hydrogen) atoms. The molecule has 0 bridgehead atoms. The molecule has 0 fully saturated rings. The molecule has 0 saturated carbocycles. The van der Waals surface area contributed by atoms with E-state index in [-0.39, 0.29) is 0 Å². The summed E-state index contributed by atoms with van der Waals surface area (Å²) in [5, 5.41) is 3.89. The molecule has 1 heterocycles. The van der Waals surface area contributed by atoms with Gasteiger partial charge in [0.25, 0.3) is 0 Å². The summed E-state index contributed by atoms with van der Waals surface area (Å²) >= 11 is 11.2. The summed E-state index contributed by atoms with van der Waals surface area (Å²) in [6.45, 7) is 0.726. The first kappa shape index (κ1) is 11.8. The van der Waals surface area contributed by atoms with E-state index in [1.54, 1.807) is 11.3 Å². The SMILES string of the molecule is Nc1cccc(Cl)c1NCc1ccc(Br)s1. The van der Waals surface area contributed by atoms with Crippen LogP contribution in [0.2, 0.25) is 5.02 Å². The first-order valence-electron chi connectivity index (χ1n) is 4.69. The molecule has 0 spiro atoms. The molecular weight excluding hydrogens is 308 g/mol. The fraction of sp³-hybridized carbons (Fsp3) is 0.0909. The molecule has 1 aromatic carbocycles. The average molecular weight is 318 g/mol. The van der Waals surface area contributed by atoms with Gasteiger partial charge in [-0.2, -0.15) is 0 Å². The summed E-state index contributed by atoms with van der Waals surface area (Å²) in [5.74, 6) is 0. The average Bonchev–Trinajstić information content (AvgIpc) is 2.63. The maximum Gasteiger partial charge on any atom is 0.0766 e. The monoisotopic (exact) mass is 316 g/mol. The van der Waals surface area contributed by atoms with Crippen LogP contribution in [0.4, 0.5) is 11.4 Å². The second kappa shape index (κ2) is 5.08. The molecule has 3 N–H and O–H groups in total. The highest BCUT2D eigenvalue weighted by atomic mass is 79.9. The Labute approximate surface area is 112 Å². The zero-order valence-electron chi connectivity index (χ0n) is 8.34. The number of rotatable bonds is 3. The second-order valence-corrected chi connectivity index (χ2v) is 6.22. The number of hydrogen-bond acceptors (Lipinski definition) is 3. The lowest BCUT2D eigenvalue weighted by Gasteiger charge is -2.09. The van der Waals surface area contributed by atoms with Crippen molar-refractivity contribution in [3.05, 3.63) is 44.0 Å². The van der Waals surface area contributed by atoms with Crippen LogP contribution in [-0.2, 0) is 6.54 Å². The Bertz CT molecular complexity index is 478. The summed E-state index contributed by atoms with van der Waals surface area (Å²) in [7, 11) is 0. The van der Waals surface area contributed by atoms with Gasteiger partial charge in [0.15, 0.2) is 0 Å². The standard InChI is InChI=1S/C11H10BrClN2S/c12-10-5-4-7(16-10)6-15-11-8(13)2-1-3-9(11)14/h1-5,15H,6,14H2. The van der Waals surface area contributed by atoms with Crippen LogP contribution in [-0.4, -0.2) is 0 Å². The van der Waals surface area contributed by atoms with Gasteiger partial charge in [0.05, 0.1) is 20.2 Å². The molecule has 0 radical (unpaired) electrons. The summed E-state index contributed by atoms with van der Waals surface area (Å²) in [4.78, 5) is 1.23. The first-order chi connectivity index (χ1) is 7.66. The largest absolute Gasteiger partial charge is 0.397 e. The van der Waals surface area contributed by atoms with Crippen molar-refractivity contribution in [1.29, 1.82) is 0 Å². The van der Waals surface area contributed by atoms with Gasteiger partial charge in [0.2, 0.25) is 0 Å². The van der Waals surface area contributed by atoms with Crippen molar-refractivity contribution in [2.75, 3.05) is 11.1 Å². The van der Waals surface area contributed by atoms with Crippen LogP contribution in [0.5, 0.6) is 0 Å². The minimum Gasteiger partial charge on any atom is -0.397 e. The number of para-hydroxylation sites is 1. The third kappa shape index (κ3) is 2.70. The van der Waals surface area contributed by atoms with Gasteiger partial charge in [-0.25, -0.2) is 0 Å². The molecule has 0 aliphatic carbocycles. The number of hydrogen-bond donors (Lipinski definition) is 2. The fourth-order valence-electron chi connectivity index (χ4n) is 1.35. The molecule has 0 atom stereocenters. The van der Waals surface area contributed by atoms with E-state index in [0.717, 1.165) is 16.0 Å². The number of benzene rings is 1. The molecule has 0 aliphatic rings. The number of nitrogens with two attached hydrogens (primary N) is 1. The van der Waals surface area contributed by atoms with Crippen LogP contribution in [0.25, 0.3) is 0 Å². The lowest BCUT2D eigenvalue weighted by atomic mass is 10.2. The lowest BCUT2D eigenvalue weighted by molar-refractivity contribution is 1.19. The highest BCUT2D eigenvalue weighted by Gasteiger charge is 2.04. The van der Waals surface area contributed by atoms with Gasteiger partial charge in [-0.05, 0) is 40.2 Å². The number of thiophene rings is 1. The molecule has 2 aromatic rings. The Balaban J connectivity index is 2.10. The lowest BCUT2D eigenvalue weighted by Crippen LogP contribution is -2.01. The Morgan fingerprint density at radius 2 is 2.12 bits per heavy atom. The molecule has 0 aliphatic heterocycles. The van der Waals surface area contributed by atoms with E-state index < -0.39 is 0 Å². The molecule has 0 unspecified atom stereocenters. The number of anilines is 2. The number of halogens is 2. The van der Waals surface area contributed by atoms with Crippen molar-refractivity contribution in [2.24, 2.45) is 0 Å². The topological polar surface area (TPSA) is 38.0 Å². The maximum absolute atomic E-state index is 6.05. The van der Waals surface area contributed by atoms with Gasteiger partial charge >= 0.3 is 0 Å². The molecule has 1 aromatic heterocycles. The van der Waals surface area contributed by atoms with Crippen molar-refractivity contribution >= 4 is 50.2 Å². The highest BCUT2D eigenvalue weighted by molar-refractivity contribution is 9.11. The summed E-state index contributed by atoms with van der Waals surface area (Å²) in [6.07, 6.45) is 0. The van der Waals surface area contributed by atoms with Gasteiger partial charge in [-0.3, -0.25) is 0 Å². The van der Waals surface area contributed by atoms with Crippen LogP contribution in [0, 0.1) is 0 Å². The zero-order valence-corrected chi connectivity index (χ0v) is 11.5. The molecule has 0 saturated heterocycles. The Morgan fingerprint density at radius 3 is 2.75 bits per heavy atom. The van der Waals surface area contributed by atoms with E-state index in [4.69, 9.17) is 17.3 Å². The predicted molar refractivity (Wildman–Crippen MR) is 75.2 cm³/mol. The van der Waals surface area contributed by atoms with Crippen molar-refractivity contribution in [3.8, 4) is 0 Å². The fourth-order valence-corrected chi connectivity index (χ4v) is 3.02. The van der Waals surface area contributed by atoms with Crippen LogP contribution in [0.1, 0.15) is 4.88 Å². The minimum absolute atomic E-state index is 0.649. The molecule has 84 valence electrons. The van der Waals surface area contributed by atoms with Crippen LogP contribution < -0.4 is 11.1 Å². The van der Waals surface area contributed by atoms with E-state index in [2.05, 4.69) is 27.3 Å². The summed E-state index contributed by atoms with van der Waals surface area (Å²) < 4.78 is 1.12. The third-order valence-corrected chi connectivity index (χ3v) is 4.05. The van der Waals surface area contributed by atoms with Crippen LogP contribution in [0.15, 0.2) is 34.1 Å². The smallest absolute Gasteiger partial charge is 0.0766 e. The Morgan fingerprint density at radius 1 is 1.31 bits per heavy atom. The van der Waals surface area contributed by atoms with Crippen molar-refractivity contribution in [3.63, 3.8) is 0 Å². The third-order valence-electron chi connectivity index (χ3n) is 2.11. The number of nitrogen functional groups attached to an aromatic ring is 1. The van der Waals surface area contributed by atoms with Crippen LogP contribution in [0.3, 0.4) is 0 Å². The van der Waals surface area contributed by atoms with E-state index in [9.17, 15) is 0 Å². The predicted octanol–water partition coefficient (Wildman–Crippen LogP) is 4.36. The first-order valence-corrected chi connectivity index (χ1v) is 6.67. The van der Waals surface area contributed by atoms with Crippen LogP contribution >= 0.6 is 38.9 Å². The van der Waals surface area contributed by atoms with Gasteiger partial charge in [-0.1, -0.05) is 17.7 Å². The van der Waals surface area contributed by atoms with Crippen molar-refractivity contribution < 1.29 is 0 Å². The molecule has 5 heteroatoms. The zero-order chi connectivity index (χ0) is 11.5. The quantitative estimate of drug-likeness (QED) is 0.826. The van der Waals surface area contributed by atoms with Gasteiger partial charge in [0, 0.05) is 11.4 Å². The maximum atomic E-state index is 6.05. The number of nitrogens with one attached hydrogen (secondary N) is 1. The Hall–Kier alpha value is -0.710. The van der Waals surface area contributed by atoms with E-state index >= 15 is 0 Å². The van der Waals surface area contributed by atoms with Gasteiger partial charge in [-0.15, -0.1) is 11.3 Å². The molecular formula is C11H10BrClN2S.